The molecular formula is C17H21F3N2O5. The van der Waals surface area contributed by atoms with Gasteiger partial charge in [-0.2, -0.15) is 13.2 Å². The van der Waals surface area contributed by atoms with Crippen LogP contribution in [0.2, 0.25) is 0 Å². The molecule has 7 nitrogen and oxygen atoms in total. The zero-order valence-electron chi connectivity index (χ0n) is 15.3. The number of rotatable bonds is 7. The van der Waals surface area contributed by atoms with Gasteiger partial charge >= 0.3 is 18.1 Å². The first-order valence-corrected chi connectivity index (χ1v) is 7.90. The minimum absolute atomic E-state index is 0.0302. The Hall–Kier alpha value is -2.62. The molecule has 0 heterocycles. The molecule has 0 fully saturated rings. The summed E-state index contributed by atoms with van der Waals surface area (Å²) in [4.78, 5) is 35.4. The summed E-state index contributed by atoms with van der Waals surface area (Å²) >= 11 is 0. The first-order chi connectivity index (χ1) is 12.5. The minimum atomic E-state index is -4.54. The summed E-state index contributed by atoms with van der Waals surface area (Å²) in [5, 5.41) is 4.53. The molecule has 150 valence electrons. The van der Waals surface area contributed by atoms with Crippen molar-refractivity contribution in [3.05, 3.63) is 29.3 Å². The number of hydrogen-bond acceptors (Lipinski definition) is 6. The molecule has 0 aliphatic carbocycles. The SMILES string of the molecule is CCC(C)(NCC(=O)Nc1cc(C(=O)OC)cc(C(=O)OC)c1)C(F)(F)F. The van der Waals surface area contributed by atoms with Crippen LogP contribution in [0.15, 0.2) is 18.2 Å². The van der Waals surface area contributed by atoms with E-state index in [1.54, 1.807) is 0 Å². The molecule has 0 saturated heterocycles. The standard InChI is InChI=1S/C17H21F3N2O5/c1-5-16(2,17(18,19)20)21-9-13(23)22-12-7-10(14(24)26-3)6-11(8-12)15(25)27-4/h6-8,21H,5,9H2,1-4H3,(H,22,23). The fourth-order valence-electron chi connectivity index (χ4n) is 2.08. The molecule has 0 aliphatic heterocycles. The van der Waals surface area contributed by atoms with Gasteiger partial charge in [-0.05, 0) is 31.5 Å². The van der Waals surface area contributed by atoms with Gasteiger partial charge in [0, 0.05) is 5.69 Å². The number of anilines is 1. The van der Waals surface area contributed by atoms with E-state index >= 15 is 0 Å². The second kappa shape index (κ2) is 8.85. The molecule has 27 heavy (non-hydrogen) atoms. The van der Waals surface area contributed by atoms with Crippen LogP contribution in [0.5, 0.6) is 0 Å². The number of ether oxygens (including phenoxy) is 2. The van der Waals surface area contributed by atoms with Crippen molar-refractivity contribution >= 4 is 23.5 Å². The zero-order chi connectivity index (χ0) is 20.8. The van der Waals surface area contributed by atoms with Crippen molar-refractivity contribution in [1.29, 1.82) is 0 Å². The molecule has 1 unspecified atom stereocenters. The number of hydrogen-bond donors (Lipinski definition) is 2. The van der Waals surface area contributed by atoms with Crippen molar-refractivity contribution in [3.8, 4) is 0 Å². The van der Waals surface area contributed by atoms with Crippen molar-refractivity contribution in [3.63, 3.8) is 0 Å². The van der Waals surface area contributed by atoms with Crippen LogP contribution >= 0.6 is 0 Å². The maximum absolute atomic E-state index is 13.0. The van der Waals surface area contributed by atoms with Crippen LogP contribution in [-0.2, 0) is 14.3 Å². The van der Waals surface area contributed by atoms with E-state index in [9.17, 15) is 27.6 Å². The summed E-state index contributed by atoms with van der Waals surface area (Å²) in [6, 6.07) is 3.68. The lowest BCUT2D eigenvalue weighted by molar-refractivity contribution is -0.192. The third-order valence-electron chi connectivity index (χ3n) is 4.03. The van der Waals surface area contributed by atoms with Gasteiger partial charge in [0.2, 0.25) is 5.91 Å². The monoisotopic (exact) mass is 390 g/mol. The van der Waals surface area contributed by atoms with E-state index in [0.717, 1.165) is 21.1 Å². The molecule has 0 spiro atoms. The number of amides is 1. The van der Waals surface area contributed by atoms with Crippen LogP contribution in [0.1, 0.15) is 41.0 Å². The third-order valence-corrected chi connectivity index (χ3v) is 4.03. The molecule has 0 radical (unpaired) electrons. The second-order valence-corrected chi connectivity index (χ2v) is 5.87. The quantitative estimate of drug-likeness (QED) is 0.695. The van der Waals surface area contributed by atoms with E-state index in [0.29, 0.717) is 0 Å². The first kappa shape index (κ1) is 22.4. The Labute approximate surface area is 154 Å². The van der Waals surface area contributed by atoms with Gasteiger partial charge in [0.05, 0.1) is 31.9 Å². The van der Waals surface area contributed by atoms with Crippen LogP contribution in [0.25, 0.3) is 0 Å². The predicted octanol–water partition coefficient (Wildman–Crippen LogP) is 2.52. The molecule has 0 saturated carbocycles. The van der Waals surface area contributed by atoms with E-state index in [-0.39, 0.29) is 23.2 Å². The topological polar surface area (TPSA) is 93.7 Å². The number of benzene rings is 1. The number of alkyl halides is 3. The summed E-state index contributed by atoms with van der Waals surface area (Å²) in [5.41, 5.74) is -2.25. The van der Waals surface area contributed by atoms with Gasteiger partial charge in [-0.3, -0.25) is 10.1 Å². The summed E-state index contributed by atoms with van der Waals surface area (Å²) in [6.07, 6.45) is -4.81. The molecule has 0 aliphatic rings. The van der Waals surface area contributed by atoms with Gasteiger partial charge in [-0.15, -0.1) is 0 Å². The van der Waals surface area contributed by atoms with Crippen molar-refractivity contribution in [2.45, 2.75) is 32.0 Å². The Balaban J connectivity index is 2.98. The lowest BCUT2D eigenvalue weighted by Crippen LogP contribution is -2.55. The summed E-state index contributed by atoms with van der Waals surface area (Å²) < 4.78 is 48.3. The average Bonchev–Trinajstić information content (AvgIpc) is 2.63. The van der Waals surface area contributed by atoms with Crippen LogP contribution in [0, 0.1) is 0 Å². The van der Waals surface area contributed by atoms with Crippen LogP contribution in [0.3, 0.4) is 0 Å². The van der Waals surface area contributed by atoms with E-state index in [4.69, 9.17) is 0 Å². The number of methoxy groups -OCH3 is 2. The number of nitrogens with one attached hydrogen (secondary N) is 2. The van der Waals surface area contributed by atoms with Gasteiger partial charge < -0.3 is 14.8 Å². The fourth-order valence-corrected chi connectivity index (χ4v) is 2.08. The van der Waals surface area contributed by atoms with E-state index in [1.165, 1.54) is 25.1 Å². The molecule has 0 aromatic heterocycles. The Morgan fingerprint density at radius 3 is 1.85 bits per heavy atom. The number of halogens is 3. The lowest BCUT2D eigenvalue weighted by atomic mass is 9.98. The molecule has 1 aromatic carbocycles. The predicted molar refractivity (Wildman–Crippen MR) is 90.5 cm³/mol. The number of esters is 2. The van der Waals surface area contributed by atoms with Crippen LogP contribution in [0.4, 0.5) is 18.9 Å². The largest absolute Gasteiger partial charge is 0.465 e. The molecule has 1 atom stereocenters. The Bertz CT molecular complexity index is 687. The summed E-state index contributed by atoms with van der Waals surface area (Å²) in [5.74, 6) is -2.30. The van der Waals surface area contributed by atoms with E-state index in [2.05, 4.69) is 20.1 Å². The van der Waals surface area contributed by atoms with Gasteiger partial charge in [-0.25, -0.2) is 9.59 Å². The molecule has 1 rings (SSSR count). The second-order valence-electron chi connectivity index (χ2n) is 5.87. The zero-order valence-corrected chi connectivity index (χ0v) is 15.3. The number of carbonyl (C=O) groups is 3. The van der Waals surface area contributed by atoms with Crippen molar-refractivity contribution in [2.24, 2.45) is 0 Å². The van der Waals surface area contributed by atoms with Gasteiger partial charge in [0.15, 0.2) is 0 Å². The highest BCUT2D eigenvalue weighted by atomic mass is 19.4. The first-order valence-electron chi connectivity index (χ1n) is 7.90. The van der Waals surface area contributed by atoms with Gasteiger partial charge in [0.25, 0.3) is 0 Å². The normalized spacial score (nSPS) is 13.4. The van der Waals surface area contributed by atoms with E-state index < -0.39 is 36.1 Å². The smallest absolute Gasteiger partial charge is 0.406 e. The molecule has 1 aromatic rings. The van der Waals surface area contributed by atoms with Crippen LogP contribution < -0.4 is 10.6 Å². The highest BCUT2D eigenvalue weighted by molar-refractivity contribution is 5.99. The Kier molecular flexibility index (Phi) is 7.35. The maximum atomic E-state index is 13.0. The van der Waals surface area contributed by atoms with Crippen molar-refractivity contribution < 1.29 is 37.0 Å². The van der Waals surface area contributed by atoms with Gasteiger partial charge in [-0.1, -0.05) is 6.92 Å². The van der Waals surface area contributed by atoms with Crippen LogP contribution in [-0.4, -0.2) is 50.3 Å². The maximum Gasteiger partial charge on any atom is 0.406 e. The van der Waals surface area contributed by atoms with Gasteiger partial charge in [0.1, 0.15) is 5.54 Å². The van der Waals surface area contributed by atoms with Crippen molar-refractivity contribution in [2.75, 3.05) is 26.1 Å². The molecular weight excluding hydrogens is 369 g/mol. The number of carbonyl (C=O) groups excluding carboxylic acids is 3. The Morgan fingerprint density at radius 2 is 1.48 bits per heavy atom. The highest BCUT2D eigenvalue weighted by Gasteiger charge is 2.49. The molecule has 1 amide bonds. The molecule has 2 N–H and O–H groups in total. The third kappa shape index (κ3) is 5.68. The summed E-state index contributed by atoms with van der Waals surface area (Å²) in [6.45, 7) is 1.67. The highest BCUT2D eigenvalue weighted by Crippen LogP contribution is 2.32. The van der Waals surface area contributed by atoms with Crippen molar-refractivity contribution in [1.82, 2.24) is 5.32 Å². The minimum Gasteiger partial charge on any atom is -0.465 e. The lowest BCUT2D eigenvalue weighted by Gasteiger charge is -2.31. The summed E-state index contributed by atoms with van der Waals surface area (Å²) in [7, 11) is 2.27. The van der Waals surface area contributed by atoms with E-state index in [1.807, 2.05) is 0 Å². The molecule has 0 bridgehead atoms. The Morgan fingerprint density at radius 1 is 1.00 bits per heavy atom. The fraction of sp³-hybridized carbons (Fsp3) is 0.471. The molecule has 10 heteroatoms. The average molecular weight is 390 g/mol.